The van der Waals surface area contributed by atoms with Crippen LogP contribution >= 0.6 is 0 Å². The molecule has 3 N–H and O–H groups in total. The highest BCUT2D eigenvalue weighted by molar-refractivity contribution is 5.84. The normalized spacial score (nSPS) is 18.3. The fourth-order valence-corrected chi connectivity index (χ4v) is 2.70. The predicted molar refractivity (Wildman–Crippen MR) is 75.4 cm³/mol. The summed E-state index contributed by atoms with van der Waals surface area (Å²) in [4.78, 5) is 24.9. The third kappa shape index (κ3) is 5.19. The summed E-state index contributed by atoms with van der Waals surface area (Å²) in [6.45, 7) is 8.06. The third-order valence-electron chi connectivity index (χ3n) is 3.96. The molecule has 0 radical (unpaired) electrons. The van der Waals surface area contributed by atoms with Crippen molar-refractivity contribution in [3.63, 3.8) is 0 Å². The monoisotopic (exact) mass is 269 g/mol. The molecule has 1 aliphatic heterocycles. The molecule has 1 heterocycles. The van der Waals surface area contributed by atoms with E-state index in [-0.39, 0.29) is 18.5 Å². The van der Waals surface area contributed by atoms with Crippen LogP contribution < -0.4 is 11.1 Å². The maximum atomic E-state index is 12.3. The van der Waals surface area contributed by atoms with Crippen molar-refractivity contribution in [3.05, 3.63) is 0 Å². The van der Waals surface area contributed by atoms with Gasteiger partial charge in [0.1, 0.15) is 0 Å². The number of primary amides is 1. The Hall–Kier alpha value is -1.10. The predicted octanol–water partition coefficient (Wildman–Crippen LogP) is 0.735. The standard InChI is InChI=1S/C14H27N3O2/c1-10(2)17(9-13(15)18)14(19)8-11(3)12-4-6-16-7-5-12/h10-12,16H,4-9H2,1-3H3,(H2,15,18). The minimum atomic E-state index is -0.448. The van der Waals surface area contributed by atoms with E-state index in [2.05, 4.69) is 12.2 Å². The Morgan fingerprint density at radius 2 is 1.84 bits per heavy atom. The van der Waals surface area contributed by atoms with Crippen LogP contribution in [0.5, 0.6) is 0 Å². The van der Waals surface area contributed by atoms with Gasteiger partial charge in [0.15, 0.2) is 0 Å². The smallest absolute Gasteiger partial charge is 0.237 e. The van der Waals surface area contributed by atoms with Crippen molar-refractivity contribution in [2.75, 3.05) is 19.6 Å². The highest BCUT2D eigenvalue weighted by atomic mass is 16.2. The largest absolute Gasteiger partial charge is 0.368 e. The molecule has 1 aliphatic rings. The minimum Gasteiger partial charge on any atom is -0.368 e. The number of amides is 2. The number of hydrogen-bond donors (Lipinski definition) is 2. The van der Waals surface area contributed by atoms with E-state index in [4.69, 9.17) is 5.73 Å². The summed E-state index contributed by atoms with van der Waals surface area (Å²) in [5.41, 5.74) is 5.20. The molecule has 0 spiro atoms. The number of nitrogens with one attached hydrogen (secondary N) is 1. The van der Waals surface area contributed by atoms with E-state index in [1.165, 1.54) is 0 Å². The average molecular weight is 269 g/mol. The first-order chi connectivity index (χ1) is 8.91. The molecule has 0 aliphatic carbocycles. The van der Waals surface area contributed by atoms with Crippen LogP contribution in [0.4, 0.5) is 0 Å². The van der Waals surface area contributed by atoms with Crippen LogP contribution in [0.1, 0.15) is 40.0 Å². The van der Waals surface area contributed by atoms with Crippen molar-refractivity contribution in [1.82, 2.24) is 10.2 Å². The molecule has 1 fully saturated rings. The lowest BCUT2D eigenvalue weighted by Gasteiger charge is -2.31. The fourth-order valence-electron chi connectivity index (χ4n) is 2.70. The van der Waals surface area contributed by atoms with Gasteiger partial charge in [-0.3, -0.25) is 9.59 Å². The third-order valence-corrected chi connectivity index (χ3v) is 3.96. The molecular weight excluding hydrogens is 242 g/mol. The summed E-state index contributed by atoms with van der Waals surface area (Å²) in [7, 11) is 0. The molecule has 1 rings (SSSR count). The Bertz CT molecular complexity index is 312. The van der Waals surface area contributed by atoms with Gasteiger partial charge in [-0.25, -0.2) is 0 Å². The number of piperidine rings is 1. The van der Waals surface area contributed by atoms with Crippen molar-refractivity contribution in [1.29, 1.82) is 0 Å². The molecule has 0 aromatic rings. The molecule has 0 saturated carbocycles. The van der Waals surface area contributed by atoms with Gasteiger partial charge in [-0.05, 0) is 51.6 Å². The van der Waals surface area contributed by atoms with Crippen LogP contribution in [0.25, 0.3) is 0 Å². The second-order valence-corrected chi connectivity index (χ2v) is 5.85. The summed E-state index contributed by atoms with van der Waals surface area (Å²) in [6, 6.07) is 0.0141. The highest BCUT2D eigenvalue weighted by Crippen LogP contribution is 2.25. The van der Waals surface area contributed by atoms with Crippen molar-refractivity contribution in [3.8, 4) is 0 Å². The Kier molecular flexibility index (Phi) is 6.28. The van der Waals surface area contributed by atoms with Crippen molar-refractivity contribution < 1.29 is 9.59 Å². The zero-order chi connectivity index (χ0) is 14.4. The molecule has 0 bridgehead atoms. The molecule has 1 unspecified atom stereocenters. The number of rotatable bonds is 6. The van der Waals surface area contributed by atoms with E-state index in [0.29, 0.717) is 18.3 Å². The van der Waals surface area contributed by atoms with Crippen LogP contribution in [0.3, 0.4) is 0 Å². The van der Waals surface area contributed by atoms with Gasteiger partial charge in [0.05, 0.1) is 6.54 Å². The second kappa shape index (κ2) is 7.48. The molecule has 1 saturated heterocycles. The topological polar surface area (TPSA) is 75.4 Å². The van der Waals surface area contributed by atoms with Gasteiger partial charge in [0.2, 0.25) is 11.8 Å². The lowest BCUT2D eigenvalue weighted by atomic mass is 9.84. The SMILES string of the molecule is CC(CC(=O)N(CC(N)=O)C(C)C)C1CCNCC1. The van der Waals surface area contributed by atoms with E-state index in [9.17, 15) is 9.59 Å². The molecular formula is C14H27N3O2. The van der Waals surface area contributed by atoms with Gasteiger partial charge in [-0.15, -0.1) is 0 Å². The first kappa shape index (κ1) is 16.0. The summed E-state index contributed by atoms with van der Waals surface area (Å²) < 4.78 is 0. The molecule has 110 valence electrons. The number of nitrogens with zero attached hydrogens (tertiary/aromatic N) is 1. The molecule has 5 heteroatoms. The number of carbonyl (C=O) groups is 2. The van der Waals surface area contributed by atoms with Gasteiger partial charge in [-0.2, -0.15) is 0 Å². The van der Waals surface area contributed by atoms with Crippen molar-refractivity contribution in [2.45, 2.75) is 46.1 Å². The first-order valence-corrected chi connectivity index (χ1v) is 7.20. The summed E-state index contributed by atoms with van der Waals surface area (Å²) in [5.74, 6) is 0.563. The second-order valence-electron chi connectivity index (χ2n) is 5.85. The minimum absolute atomic E-state index is 0.0141. The van der Waals surface area contributed by atoms with E-state index < -0.39 is 5.91 Å². The fraction of sp³-hybridized carbons (Fsp3) is 0.857. The van der Waals surface area contributed by atoms with E-state index in [1.807, 2.05) is 13.8 Å². The quantitative estimate of drug-likeness (QED) is 0.746. The van der Waals surface area contributed by atoms with Gasteiger partial charge in [0.25, 0.3) is 0 Å². The molecule has 0 aromatic heterocycles. The van der Waals surface area contributed by atoms with Gasteiger partial charge < -0.3 is 16.0 Å². The number of carbonyl (C=O) groups excluding carboxylic acids is 2. The lowest BCUT2D eigenvalue weighted by Crippen LogP contribution is -2.44. The Labute approximate surface area is 115 Å². The van der Waals surface area contributed by atoms with Gasteiger partial charge in [-0.1, -0.05) is 6.92 Å². The van der Waals surface area contributed by atoms with Crippen LogP contribution in [-0.4, -0.2) is 42.4 Å². The first-order valence-electron chi connectivity index (χ1n) is 7.20. The Morgan fingerprint density at radius 3 is 2.32 bits per heavy atom. The molecule has 5 nitrogen and oxygen atoms in total. The summed E-state index contributed by atoms with van der Waals surface area (Å²) in [6.07, 6.45) is 2.77. The van der Waals surface area contributed by atoms with Crippen LogP contribution in [0, 0.1) is 11.8 Å². The maximum absolute atomic E-state index is 12.3. The Balaban J connectivity index is 2.52. The highest BCUT2D eigenvalue weighted by Gasteiger charge is 2.25. The summed E-state index contributed by atoms with van der Waals surface area (Å²) >= 11 is 0. The van der Waals surface area contributed by atoms with Crippen molar-refractivity contribution >= 4 is 11.8 Å². The van der Waals surface area contributed by atoms with Gasteiger partial charge >= 0.3 is 0 Å². The van der Waals surface area contributed by atoms with Crippen molar-refractivity contribution in [2.24, 2.45) is 17.6 Å². The molecule has 19 heavy (non-hydrogen) atoms. The van der Waals surface area contributed by atoms with E-state index in [0.717, 1.165) is 25.9 Å². The van der Waals surface area contributed by atoms with E-state index >= 15 is 0 Å². The summed E-state index contributed by atoms with van der Waals surface area (Å²) in [5, 5.41) is 3.33. The van der Waals surface area contributed by atoms with Crippen LogP contribution in [0.15, 0.2) is 0 Å². The molecule has 2 amide bonds. The van der Waals surface area contributed by atoms with Crippen LogP contribution in [0.2, 0.25) is 0 Å². The molecule has 0 aromatic carbocycles. The number of hydrogen-bond acceptors (Lipinski definition) is 3. The van der Waals surface area contributed by atoms with Crippen LogP contribution in [-0.2, 0) is 9.59 Å². The zero-order valence-corrected chi connectivity index (χ0v) is 12.3. The number of nitrogens with two attached hydrogens (primary N) is 1. The van der Waals surface area contributed by atoms with Gasteiger partial charge in [0, 0.05) is 12.5 Å². The Morgan fingerprint density at radius 1 is 1.26 bits per heavy atom. The lowest BCUT2D eigenvalue weighted by molar-refractivity contribution is -0.138. The molecule has 1 atom stereocenters. The zero-order valence-electron chi connectivity index (χ0n) is 12.3. The average Bonchev–Trinajstić information content (AvgIpc) is 2.36. The van der Waals surface area contributed by atoms with E-state index in [1.54, 1.807) is 4.90 Å². The maximum Gasteiger partial charge on any atom is 0.237 e.